The molecule has 0 spiro atoms. The molecule has 0 saturated carbocycles. The Labute approximate surface area is 222 Å². The van der Waals surface area contributed by atoms with Gasteiger partial charge in [0.05, 0.1) is 0 Å². The van der Waals surface area contributed by atoms with Crippen LogP contribution in [0, 0.1) is 0 Å². The molecule has 0 aromatic carbocycles. The molecule has 0 saturated heterocycles. The topological polar surface area (TPSA) is 341 Å². The van der Waals surface area contributed by atoms with Crippen LogP contribution in [0.4, 0.5) is 0 Å². The van der Waals surface area contributed by atoms with E-state index in [1.54, 1.807) is 0 Å². The van der Waals surface area contributed by atoms with E-state index in [4.69, 9.17) is 0 Å². The number of hydrogen-bond donors (Lipinski definition) is 0. The van der Waals surface area contributed by atoms with Gasteiger partial charge in [0.15, 0.2) is 0 Å². The van der Waals surface area contributed by atoms with Crippen LogP contribution in [-0.4, -0.2) is 97.6 Å². The van der Waals surface area contributed by atoms with Gasteiger partial charge in [0.25, 0.3) is 0 Å². The smallest absolute Gasteiger partial charge is 0 e. The molecule has 0 atom stereocenters. The first-order valence-corrected chi connectivity index (χ1v) is 28.9. The summed E-state index contributed by atoms with van der Waals surface area (Å²) in [5, 5.41) is 0. The van der Waals surface area contributed by atoms with Crippen molar-refractivity contribution in [3.8, 4) is 0 Å². The Hall–Kier alpha value is -4.96. The van der Waals surface area contributed by atoms with Crippen LogP contribution in [0.1, 0.15) is 0 Å². The summed E-state index contributed by atoms with van der Waals surface area (Å²) in [4.78, 5) is 205. The van der Waals surface area contributed by atoms with Crippen molar-refractivity contribution in [2.45, 2.75) is 0 Å². The second-order valence-corrected chi connectivity index (χ2v) is 142. The van der Waals surface area contributed by atoms with Gasteiger partial charge in [-0.05, 0) is 0 Å². The van der Waals surface area contributed by atoms with Crippen LogP contribution in [0.2, 0.25) is 0 Å². The maximum atomic E-state index is 15.0. The van der Waals surface area contributed by atoms with Crippen LogP contribution >= 0.6 is 0 Å². The molecule has 20 nitrogen and oxygen atoms in total. The van der Waals surface area contributed by atoms with Crippen LogP contribution in [0.15, 0.2) is 0 Å². The molecule has 43 heavy (non-hydrogen) atoms. The fourth-order valence-electron chi connectivity index (χ4n) is 3.73. The molecule has 246 valence electrons. The van der Waals surface area contributed by atoms with E-state index < -0.39 is 93.6 Å². The van der Waals surface area contributed by atoms with Gasteiger partial charge < -0.3 is 0 Å². The van der Waals surface area contributed by atoms with Crippen LogP contribution < -0.4 is 0 Å². The van der Waals surface area contributed by atoms with Crippen LogP contribution in [-0.2, 0) is 125 Å². The van der Waals surface area contributed by atoms with Gasteiger partial charge in [0.1, 0.15) is 0 Å². The first kappa shape index (κ1) is 42.5. The van der Waals surface area contributed by atoms with Crippen molar-refractivity contribution in [1.29, 1.82) is 0 Å². The molecule has 0 aliphatic carbocycles. The maximum absolute atomic E-state index is 24.6. The van der Waals surface area contributed by atoms with Gasteiger partial charge in [0, 0.05) is 33.6 Å². The summed E-state index contributed by atoms with van der Waals surface area (Å²) >= 11 is 0. The number of carbonyl (C=O) groups is 20. The molecule has 2 radical (unpaired) electrons. The van der Waals surface area contributed by atoms with Crippen molar-refractivity contribution in [3.05, 3.63) is 0 Å². The van der Waals surface area contributed by atoms with Gasteiger partial charge in [0.2, 0.25) is 0 Å². The Balaban J connectivity index is -0.00000800. The summed E-state index contributed by atoms with van der Waals surface area (Å²) in [7, 11) is 0. The number of hydrogen-bond acceptors (Lipinski definition) is 20. The first-order chi connectivity index (χ1) is 17.3. The molecule has 0 aromatic heterocycles. The van der Waals surface area contributed by atoms with Crippen molar-refractivity contribution in [2.24, 2.45) is 0 Å². The van der Waals surface area contributed by atoms with Gasteiger partial charge in [-0.1, -0.05) is 0 Å². The Morgan fingerprint density at radius 1 is 0.163 bits per heavy atom. The standard InChI is InChI=1S/20CHO.2Co.Ru/c20*1-2;;;/h20*1H;;;. The third kappa shape index (κ3) is 0.323. The predicted octanol–water partition coefficient (Wildman–Crippen LogP) is -5.49. The van der Waals surface area contributed by atoms with E-state index in [1.165, 1.54) is 0 Å². The van der Waals surface area contributed by atoms with Gasteiger partial charge in [-0.15, -0.1) is 0 Å². The minimum atomic E-state index is -24.6. The SMILES string of the molecule is O=[CH][Ru]([CH]=O)([CH]=O)([CH]=O)([CH]=O)([CH]=O)([CH]=O)([CH]=O)([CH]=O)([CH]=O)([CH]=O)([CH]=O)([CH]=O)([CH]=O)([CH]=O)([CH]=O)([CH]=O)([CH]=O)([CH]=O)[CH]=O.[Co].[Co]. The third-order valence-corrected chi connectivity index (χ3v) is 108. The summed E-state index contributed by atoms with van der Waals surface area (Å²) < 4.78 is -24.6. The van der Waals surface area contributed by atoms with E-state index in [0.717, 1.165) is 0 Å². The summed E-state index contributed by atoms with van der Waals surface area (Å²) in [6.07, 6.45) is 0. The Morgan fingerprint density at radius 3 is 0.209 bits per heavy atom. The zero-order valence-corrected chi connectivity index (χ0v) is 24.6. The number of rotatable bonds is 20. The van der Waals surface area contributed by atoms with Crippen molar-refractivity contribution in [3.63, 3.8) is 0 Å². The molecule has 0 fully saturated rings. The monoisotopic (exact) mass is 800 g/mol. The fraction of sp³-hybridized carbons (Fsp3) is 0. The quantitative estimate of drug-likeness (QED) is 0.0819. The molecular formula is C20H20Co2O20Ru. The van der Waals surface area contributed by atoms with Crippen LogP contribution in [0.5, 0.6) is 0 Å². The zero-order valence-electron chi connectivity index (χ0n) is 20.7. The van der Waals surface area contributed by atoms with E-state index in [1.807, 2.05) is 0 Å². The minimum Gasteiger partial charge on any atom is 0 e. The van der Waals surface area contributed by atoms with E-state index >= 15 is 0 Å². The van der Waals surface area contributed by atoms with E-state index in [9.17, 15) is 95.9 Å². The van der Waals surface area contributed by atoms with E-state index in [2.05, 4.69) is 0 Å². The molecule has 0 aliphatic rings. The molecule has 0 N–H and O–H groups in total. The molecule has 0 rings (SSSR count). The van der Waals surface area contributed by atoms with Crippen LogP contribution in [0.25, 0.3) is 0 Å². The second-order valence-electron chi connectivity index (χ2n) is 24.1. The molecule has 0 bridgehead atoms. The van der Waals surface area contributed by atoms with Gasteiger partial charge in [-0.25, -0.2) is 0 Å². The summed E-state index contributed by atoms with van der Waals surface area (Å²) in [5.74, 6) is 0. The predicted molar refractivity (Wildman–Crippen MR) is 135 cm³/mol. The first-order valence-electron chi connectivity index (χ1n) is 8.80. The minimum absolute atomic E-state index is 0. The fourth-order valence-corrected chi connectivity index (χ4v) is 22.1. The molecule has 0 aromatic rings. The summed E-state index contributed by atoms with van der Waals surface area (Å²) in [6, 6.07) is 0. The normalized spacial score (nSPS) is 41.9. The van der Waals surface area contributed by atoms with Gasteiger partial charge >= 0.3 is 189 Å². The molecule has 0 amide bonds. The largest absolute Gasteiger partial charge is 0 e. The molecule has 0 aliphatic heterocycles. The zero-order chi connectivity index (χ0) is 34.4. The second kappa shape index (κ2) is 1.14. The molecule has 23 heteroatoms. The van der Waals surface area contributed by atoms with Crippen LogP contribution in [0.3, 0.4) is 0 Å². The molecular weight excluding hydrogens is 779 g/mol. The van der Waals surface area contributed by atoms with Crippen molar-refractivity contribution < 1.29 is 125 Å². The Bertz CT molecular complexity index is 2300. The third-order valence-electron chi connectivity index (χ3n) is 18.3. The Kier molecular flexibility index (Phi) is 1.13. The van der Waals surface area contributed by atoms with Crippen molar-refractivity contribution in [2.75, 3.05) is 0 Å². The van der Waals surface area contributed by atoms with E-state index in [-0.39, 0.29) is 33.6 Å². The molecule has 0 unspecified atom stereocenters. The van der Waals surface area contributed by atoms with Gasteiger partial charge in [-0.2, -0.15) is 0 Å². The number of carbonyl (C=O) groups excluding carboxylic acids is 20. The van der Waals surface area contributed by atoms with E-state index in [0.29, 0.717) is 0 Å². The average molecular weight is 799 g/mol. The summed E-state index contributed by atoms with van der Waals surface area (Å²) in [5.41, 5.74) is 0. The average Bonchev–Trinajstić information content (AvgIpc) is 3.18. The van der Waals surface area contributed by atoms with Crippen molar-refractivity contribution in [1.82, 2.24) is 0 Å². The Morgan fingerprint density at radius 2 is 0.209 bits per heavy atom. The molecule has 0 heterocycles. The van der Waals surface area contributed by atoms with Crippen molar-refractivity contribution >= 4 is 97.6 Å². The maximum Gasteiger partial charge on any atom is 0 e. The summed E-state index contributed by atoms with van der Waals surface area (Å²) in [6.45, 7) is 0. The van der Waals surface area contributed by atoms with Gasteiger partial charge in [-0.3, -0.25) is 0 Å².